The summed E-state index contributed by atoms with van der Waals surface area (Å²) in [7, 11) is 2.01. The van der Waals surface area contributed by atoms with Crippen LogP contribution in [-0.4, -0.2) is 19.7 Å². The van der Waals surface area contributed by atoms with Gasteiger partial charge >= 0.3 is 0 Å². The van der Waals surface area contributed by atoms with Crippen LogP contribution in [0.3, 0.4) is 0 Å². The lowest BCUT2D eigenvalue weighted by Crippen LogP contribution is -2.17. The van der Waals surface area contributed by atoms with Gasteiger partial charge in [0.05, 0.1) is 30.3 Å². The van der Waals surface area contributed by atoms with E-state index in [-0.39, 0.29) is 0 Å². The molecule has 1 atom stereocenters. The molecular weight excluding hydrogens is 214 g/mol. The van der Waals surface area contributed by atoms with Crippen molar-refractivity contribution in [2.45, 2.75) is 25.3 Å². The molecule has 3 rings (SSSR count). The number of aromatic nitrogens is 4. The maximum atomic E-state index is 4.34. The van der Waals surface area contributed by atoms with Crippen molar-refractivity contribution in [3.05, 3.63) is 36.2 Å². The molecule has 2 aromatic heterocycles. The van der Waals surface area contributed by atoms with Crippen LogP contribution >= 0.6 is 0 Å². The van der Waals surface area contributed by atoms with E-state index in [1.165, 1.54) is 17.7 Å². The van der Waals surface area contributed by atoms with Crippen molar-refractivity contribution in [1.29, 1.82) is 0 Å². The fourth-order valence-corrected chi connectivity index (χ4v) is 2.43. The maximum Gasteiger partial charge on any atom is 0.115 e. The zero-order valence-electron chi connectivity index (χ0n) is 9.80. The molecule has 5 nitrogen and oxygen atoms in total. The third kappa shape index (κ3) is 1.88. The lowest BCUT2D eigenvalue weighted by Gasteiger charge is -2.24. The minimum absolute atomic E-state index is 0.332. The Morgan fingerprint density at radius 2 is 2.12 bits per heavy atom. The van der Waals surface area contributed by atoms with Crippen molar-refractivity contribution in [2.75, 3.05) is 5.32 Å². The standard InChI is InChI=1S/C12H15N5/c1-17-12-4-2-3-11(10(12)7-15-17)16-9-5-13-8-14-6-9/h5-8,11,16H,2-4H2,1H3. The topological polar surface area (TPSA) is 55.6 Å². The second kappa shape index (κ2) is 4.16. The van der Waals surface area contributed by atoms with E-state index in [0.29, 0.717) is 6.04 Å². The molecule has 17 heavy (non-hydrogen) atoms. The van der Waals surface area contributed by atoms with Crippen LogP contribution in [0.15, 0.2) is 24.9 Å². The zero-order valence-corrected chi connectivity index (χ0v) is 9.80. The van der Waals surface area contributed by atoms with E-state index in [9.17, 15) is 0 Å². The fraction of sp³-hybridized carbons (Fsp3) is 0.417. The number of aryl methyl sites for hydroxylation is 1. The molecule has 0 amide bonds. The van der Waals surface area contributed by atoms with Crippen molar-refractivity contribution in [2.24, 2.45) is 7.05 Å². The van der Waals surface area contributed by atoms with Crippen LogP contribution in [0.5, 0.6) is 0 Å². The van der Waals surface area contributed by atoms with Crippen LogP contribution in [0.25, 0.3) is 0 Å². The summed E-state index contributed by atoms with van der Waals surface area (Å²) in [6.45, 7) is 0. The normalized spacial score (nSPS) is 18.8. The molecule has 0 spiro atoms. The summed E-state index contributed by atoms with van der Waals surface area (Å²) in [5.74, 6) is 0. The van der Waals surface area contributed by atoms with Gasteiger partial charge in [0, 0.05) is 18.3 Å². The molecule has 2 aromatic rings. The van der Waals surface area contributed by atoms with Crippen LogP contribution < -0.4 is 5.32 Å². The Hall–Kier alpha value is -1.91. The largest absolute Gasteiger partial charge is 0.376 e. The fourth-order valence-electron chi connectivity index (χ4n) is 2.43. The summed E-state index contributed by atoms with van der Waals surface area (Å²) in [5.41, 5.74) is 3.61. The molecule has 88 valence electrons. The average molecular weight is 229 g/mol. The molecule has 1 aliphatic carbocycles. The minimum atomic E-state index is 0.332. The quantitative estimate of drug-likeness (QED) is 0.851. The molecule has 1 unspecified atom stereocenters. The van der Waals surface area contributed by atoms with Crippen LogP contribution in [0.2, 0.25) is 0 Å². The predicted molar refractivity (Wildman–Crippen MR) is 64.5 cm³/mol. The third-order valence-electron chi connectivity index (χ3n) is 3.28. The highest BCUT2D eigenvalue weighted by Crippen LogP contribution is 2.31. The molecule has 0 bridgehead atoms. The number of anilines is 1. The summed E-state index contributed by atoms with van der Waals surface area (Å²) in [6.07, 6.45) is 10.6. The first-order valence-electron chi connectivity index (χ1n) is 5.87. The molecule has 0 saturated heterocycles. The lowest BCUT2D eigenvalue weighted by molar-refractivity contribution is 0.571. The molecule has 0 aliphatic heterocycles. The summed E-state index contributed by atoms with van der Waals surface area (Å²) in [5, 5.41) is 7.81. The van der Waals surface area contributed by atoms with Gasteiger partial charge in [0.1, 0.15) is 6.33 Å². The van der Waals surface area contributed by atoms with Gasteiger partial charge in [0.15, 0.2) is 0 Å². The number of rotatable bonds is 2. The summed E-state index contributed by atoms with van der Waals surface area (Å²) < 4.78 is 1.98. The molecular formula is C12H15N5. The van der Waals surface area contributed by atoms with E-state index in [1.54, 1.807) is 18.7 Å². The van der Waals surface area contributed by atoms with Crippen molar-refractivity contribution < 1.29 is 0 Å². The smallest absolute Gasteiger partial charge is 0.115 e. The van der Waals surface area contributed by atoms with Crippen molar-refractivity contribution in [3.63, 3.8) is 0 Å². The number of fused-ring (bicyclic) bond motifs is 1. The predicted octanol–water partition coefficient (Wildman–Crippen LogP) is 1.70. The SMILES string of the molecule is Cn1ncc2c1CCCC2Nc1cncnc1. The van der Waals surface area contributed by atoms with E-state index in [2.05, 4.69) is 20.4 Å². The molecule has 1 N–H and O–H groups in total. The minimum Gasteiger partial charge on any atom is -0.376 e. The Morgan fingerprint density at radius 3 is 2.94 bits per heavy atom. The van der Waals surface area contributed by atoms with Crippen LogP contribution in [0.4, 0.5) is 5.69 Å². The first-order valence-corrected chi connectivity index (χ1v) is 5.87. The number of nitrogens with one attached hydrogen (secondary N) is 1. The first-order chi connectivity index (χ1) is 8.34. The Labute approximate surface area is 99.9 Å². The maximum absolute atomic E-state index is 4.34. The molecule has 5 heteroatoms. The van der Waals surface area contributed by atoms with E-state index in [1.807, 2.05) is 17.9 Å². The van der Waals surface area contributed by atoms with Crippen molar-refractivity contribution >= 4 is 5.69 Å². The highest BCUT2D eigenvalue weighted by molar-refractivity contribution is 5.42. The first kappa shape index (κ1) is 10.3. The second-order valence-electron chi connectivity index (χ2n) is 4.39. The molecule has 0 saturated carbocycles. The molecule has 2 heterocycles. The van der Waals surface area contributed by atoms with Crippen LogP contribution in [-0.2, 0) is 13.5 Å². The van der Waals surface area contributed by atoms with Gasteiger partial charge in [-0.2, -0.15) is 5.10 Å². The van der Waals surface area contributed by atoms with Crippen molar-refractivity contribution in [3.8, 4) is 0 Å². The van der Waals surface area contributed by atoms with Gasteiger partial charge < -0.3 is 5.32 Å². The highest BCUT2D eigenvalue weighted by Gasteiger charge is 2.23. The van der Waals surface area contributed by atoms with Gasteiger partial charge in [-0.25, -0.2) is 9.97 Å². The molecule has 1 aliphatic rings. The lowest BCUT2D eigenvalue weighted by atomic mass is 9.93. The van der Waals surface area contributed by atoms with Gasteiger partial charge in [-0.05, 0) is 19.3 Å². The Bertz CT molecular complexity index is 505. The van der Waals surface area contributed by atoms with Crippen LogP contribution in [0, 0.1) is 0 Å². The highest BCUT2D eigenvalue weighted by atomic mass is 15.3. The van der Waals surface area contributed by atoms with E-state index in [0.717, 1.165) is 18.5 Å². The Morgan fingerprint density at radius 1 is 1.29 bits per heavy atom. The Kier molecular flexibility index (Phi) is 2.51. The average Bonchev–Trinajstić information content (AvgIpc) is 2.74. The van der Waals surface area contributed by atoms with E-state index < -0.39 is 0 Å². The number of hydrogen-bond donors (Lipinski definition) is 1. The van der Waals surface area contributed by atoms with Crippen LogP contribution in [0.1, 0.15) is 30.1 Å². The second-order valence-corrected chi connectivity index (χ2v) is 4.39. The van der Waals surface area contributed by atoms with Gasteiger partial charge in [-0.15, -0.1) is 0 Å². The van der Waals surface area contributed by atoms with Gasteiger partial charge in [-0.1, -0.05) is 0 Å². The summed E-state index contributed by atoms with van der Waals surface area (Å²) in [4.78, 5) is 8.03. The van der Waals surface area contributed by atoms with E-state index in [4.69, 9.17) is 0 Å². The molecule has 0 fully saturated rings. The third-order valence-corrected chi connectivity index (χ3v) is 3.28. The van der Waals surface area contributed by atoms with Gasteiger partial charge in [0.2, 0.25) is 0 Å². The number of nitrogens with zero attached hydrogens (tertiary/aromatic N) is 4. The zero-order chi connectivity index (χ0) is 11.7. The Balaban J connectivity index is 1.86. The van der Waals surface area contributed by atoms with Gasteiger partial charge in [0.25, 0.3) is 0 Å². The number of hydrogen-bond acceptors (Lipinski definition) is 4. The van der Waals surface area contributed by atoms with E-state index >= 15 is 0 Å². The molecule has 0 radical (unpaired) electrons. The van der Waals surface area contributed by atoms with Crippen molar-refractivity contribution in [1.82, 2.24) is 19.7 Å². The monoisotopic (exact) mass is 229 g/mol. The van der Waals surface area contributed by atoms with Gasteiger partial charge in [-0.3, -0.25) is 4.68 Å². The summed E-state index contributed by atoms with van der Waals surface area (Å²) in [6, 6.07) is 0.332. The molecule has 0 aromatic carbocycles. The summed E-state index contributed by atoms with van der Waals surface area (Å²) >= 11 is 0.